The standard InChI is InChI=1S/C22H20N2O2S/c1-2-12-24(22-23-19(15-27-22)16-8-4-3-5-9-16)21(25)18-13-17-10-6-7-11-20(17)26-14-18/h2-11,15,18H,1,12-14H2. The molecule has 5 heteroatoms. The fraction of sp³-hybridized carbons (Fsp3) is 0.182. The van der Waals surface area contributed by atoms with Crippen molar-refractivity contribution in [3.63, 3.8) is 0 Å². The van der Waals surface area contributed by atoms with Crippen LogP contribution in [-0.2, 0) is 11.2 Å². The number of ether oxygens (including phenoxy) is 1. The van der Waals surface area contributed by atoms with Crippen LogP contribution in [0.4, 0.5) is 5.13 Å². The predicted octanol–water partition coefficient (Wildman–Crippen LogP) is 4.58. The number of hydrogen-bond acceptors (Lipinski definition) is 4. The highest BCUT2D eigenvalue weighted by molar-refractivity contribution is 7.14. The molecular weight excluding hydrogens is 356 g/mol. The number of fused-ring (bicyclic) bond motifs is 1. The molecule has 1 aliphatic heterocycles. The highest BCUT2D eigenvalue weighted by atomic mass is 32.1. The van der Waals surface area contributed by atoms with Gasteiger partial charge < -0.3 is 4.74 Å². The summed E-state index contributed by atoms with van der Waals surface area (Å²) in [6.45, 7) is 4.62. The molecule has 1 atom stereocenters. The Labute approximate surface area is 162 Å². The molecule has 2 aromatic carbocycles. The molecule has 0 spiro atoms. The average molecular weight is 376 g/mol. The number of benzene rings is 2. The molecule has 1 amide bonds. The van der Waals surface area contributed by atoms with Crippen molar-refractivity contribution in [3.05, 3.63) is 78.2 Å². The molecule has 0 saturated heterocycles. The van der Waals surface area contributed by atoms with Crippen LogP contribution in [-0.4, -0.2) is 24.0 Å². The summed E-state index contributed by atoms with van der Waals surface area (Å²) in [5.74, 6) is 0.680. The van der Waals surface area contributed by atoms with E-state index in [2.05, 4.69) is 6.58 Å². The number of hydrogen-bond donors (Lipinski definition) is 0. The molecule has 0 N–H and O–H groups in total. The Morgan fingerprint density at radius 2 is 2.00 bits per heavy atom. The largest absolute Gasteiger partial charge is 0.492 e. The van der Waals surface area contributed by atoms with Crippen LogP contribution in [0.3, 0.4) is 0 Å². The second-order valence-electron chi connectivity index (χ2n) is 6.44. The lowest BCUT2D eigenvalue weighted by atomic mass is 9.95. The molecular formula is C22H20N2O2S. The van der Waals surface area contributed by atoms with Crippen molar-refractivity contribution in [2.24, 2.45) is 5.92 Å². The first kappa shape index (κ1) is 17.5. The fourth-order valence-corrected chi connectivity index (χ4v) is 4.08. The van der Waals surface area contributed by atoms with Crippen LogP contribution in [0.2, 0.25) is 0 Å². The minimum atomic E-state index is -0.219. The maximum absolute atomic E-state index is 13.2. The number of anilines is 1. The van der Waals surface area contributed by atoms with Gasteiger partial charge in [-0.05, 0) is 18.1 Å². The monoisotopic (exact) mass is 376 g/mol. The molecule has 1 aliphatic rings. The van der Waals surface area contributed by atoms with Gasteiger partial charge in [-0.2, -0.15) is 0 Å². The van der Waals surface area contributed by atoms with E-state index in [1.165, 1.54) is 11.3 Å². The van der Waals surface area contributed by atoms with Crippen LogP contribution in [0, 0.1) is 5.92 Å². The molecule has 4 rings (SSSR count). The Kier molecular flexibility index (Phi) is 5.03. The number of carbonyl (C=O) groups excluding carboxylic acids is 1. The Hall–Kier alpha value is -2.92. The van der Waals surface area contributed by atoms with Gasteiger partial charge in [0.05, 0.1) is 11.6 Å². The zero-order chi connectivity index (χ0) is 18.6. The van der Waals surface area contributed by atoms with Gasteiger partial charge >= 0.3 is 0 Å². The van der Waals surface area contributed by atoms with Crippen LogP contribution in [0.1, 0.15) is 5.56 Å². The molecule has 4 nitrogen and oxygen atoms in total. The topological polar surface area (TPSA) is 42.4 Å². The average Bonchev–Trinajstić information content (AvgIpc) is 3.22. The minimum Gasteiger partial charge on any atom is -0.492 e. The van der Waals surface area contributed by atoms with E-state index in [1.54, 1.807) is 11.0 Å². The SMILES string of the molecule is C=CCN(C(=O)C1COc2ccccc2C1)c1nc(-c2ccccc2)cs1. The van der Waals surface area contributed by atoms with E-state index in [9.17, 15) is 4.79 Å². The third kappa shape index (κ3) is 3.64. The zero-order valence-corrected chi connectivity index (χ0v) is 15.7. The maximum atomic E-state index is 13.2. The van der Waals surface area contributed by atoms with Gasteiger partial charge in [-0.1, -0.05) is 54.6 Å². The number of nitrogens with zero attached hydrogens (tertiary/aromatic N) is 2. The van der Waals surface area contributed by atoms with Gasteiger partial charge in [-0.15, -0.1) is 17.9 Å². The molecule has 27 heavy (non-hydrogen) atoms. The van der Waals surface area contributed by atoms with Gasteiger partial charge in [0.2, 0.25) is 5.91 Å². The lowest BCUT2D eigenvalue weighted by Crippen LogP contribution is -2.41. The van der Waals surface area contributed by atoms with E-state index >= 15 is 0 Å². The third-order valence-corrected chi connectivity index (χ3v) is 5.46. The summed E-state index contributed by atoms with van der Waals surface area (Å²) in [4.78, 5) is 19.6. The van der Waals surface area contributed by atoms with Crippen LogP contribution in [0.25, 0.3) is 11.3 Å². The molecule has 0 saturated carbocycles. The zero-order valence-electron chi connectivity index (χ0n) is 14.9. The highest BCUT2D eigenvalue weighted by Crippen LogP contribution is 2.31. The molecule has 3 aromatic rings. The van der Waals surface area contributed by atoms with Gasteiger partial charge in [0, 0.05) is 17.5 Å². The Balaban J connectivity index is 1.57. The Morgan fingerprint density at radius 1 is 1.22 bits per heavy atom. The first-order valence-electron chi connectivity index (χ1n) is 8.90. The van der Waals surface area contributed by atoms with Crippen molar-refractivity contribution in [1.82, 2.24) is 4.98 Å². The Morgan fingerprint density at radius 3 is 2.81 bits per heavy atom. The van der Waals surface area contributed by atoms with Crippen molar-refractivity contribution < 1.29 is 9.53 Å². The number of rotatable bonds is 5. The lowest BCUT2D eigenvalue weighted by molar-refractivity contribution is -0.123. The summed E-state index contributed by atoms with van der Waals surface area (Å²) >= 11 is 1.48. The van der Waals surface area contributed by atoms with E-state index < -0.39 is 0 Å². The van der Waals surface area contributed by atoms with Crippen molar-refractivity contribution in [2.45, 2.75) is 6.42 Å². The number of para-hydroxylation sites is 1. The summed E-state index contributed by atoms with van der Waals surface area (Å²) in [6.07, 6.45) is 2.42. The molecule has 0 aliphatic carbocycles. The van der Waals surface area contributed by atoms with Crippen LogP contribution in [0.5, 0.6) is 5.75 Å². The van der Waals surface area contributed by atoms with Gasteiger partial charge in [0.25, 0.3) is 0 Å². The molecule has 0 bridgehead atoms. The van der Waals surface area contributed by atoms with E-state index in [0.29, 0.717) is 24.7 Å². The number of thiazole rings is 1. The van der Waals surface area contributed by atoms with Crippen molar-refractivity contribution in [3.8, 4) is 17.0 Å². The number of carbonyl (C=O) groups is 1. The van der Waals surface area contributed by atoms with Crippen molar-refractivity contribution in [1.29, 1.82) is 0 Å². The van der Waals surface area contributed by atoms with E-state index in [1.807, 2.05) is 60.0 Å². The van der Waals surface area contributed by atoms with Crippen LogP contribution < -0.4 is 9.64 Å². The van der Waals surface area contributed by atoms with E-state index in [4.69, 9.17) is 9.72 Å². The summed E-state index contributed by atoms with van der Waals surface area (Å²) < 4.78 is 5.81. The fourth-order valence-electron chi connectivity index (χ4n) is 3.23. The Bertz CT molecular complexity index is 952. The summed E-state index contributed by atoms with van der Waals surface area (Å²) in [5.41, 5.74) is 2.99. The normalized spacial score (nSPS) is 15.5. The van der Waals surface area contributed by atoms with Crippen LogP contribution >= 0.6 is 11.3 Å². The smallest absolute Gasteiger partial charge is 0.235 e. The first-order chi connectivity index (χ1) is 13.3. The molecule has 136 valence electrons. The highest BCUT2D eigenvalue weighted by Gasteiger charge is 2.31. The molecule has 2 heterocycles. The van der Waals surface area contributed by atoms with Gasteiger partial charge in [0.15, 0.2) is 5.13 Å². The molecule has 1 aromatic heterocycles. The van der Waals surface area contributed by atoms with Crippen molar-refractivity contribution in [2.75, 3.05) is 18.1 Å². The summed E-state index contributed by atoms with van der Waals surface area (Å²) in [5, 5.41) is 2.68. The van der Waals surface area contributed by atoms with Gasteiger partial charge in [-0.25, -0.2) is 4.98 Å². The van der Waals surface area contributed by atoms with Crippen molar-refractivity contribution >= 4 is 22.4 Å². The van der Waals surface area contributed by atoms with Crippen LogP contribution in [0.15, 0.2) is 72.6 Å². The summed E-state index contributed by atoms with van der Waals surface area (Å²) in [6, 6.07) is 17.9. The van der Waals surface area contributed by atoms with Gasteiger partial charge in [-0.3, -0.25) is 9.69 Å². The third-order valence-electron chi connectivity index (χ3n) is 4.60. The second kappa shape index (κ2) is 7.76. The molecule has 0 radical (unpaired) electrons. The minimum absolute atomic E-state index is 0.0263. The maximum Gasteiger partial charge on any atom is 0.235 e. The first-order valence-corrected chi connectivity index (χ1v) is 9.78. The predicted molar refractivity (Wildman–Crippen MR) is 109 cm³/mol. The number of amides is 1. The number of aromatic nitrogens is 1. The quantitative estimate of drug-likeness (QED) is 0.612. The lowest BCUT2D eigenvalue weighted by Gasteiger charge is -2.28. The second-order valence-corrected chi connectivity index (χ2v) is 7.28. The van der Waals surface area contributed by atoms with E-state index in [0.717, 1.165) is 22.6 Å². The molecule has 1 unspecified atom stereocenters. The summed E-state index contributed by atoms with van der Waals surface area (Å²) in [7, 11) is 0. The van der Waals surface area contributed by atoms with E-state index in [-0.39, 0.29) is 11.8 Å². The molecule has 0 fully saturated rings. The van der Waals surface area contributed by atoms with Gasteiger partial charge in [0.1, 0.15) is 12.4 Å².